The summed E-state index contributed by atoms with van der Waals surface area (Å²) in [5.74, 6) is 2.08. The Balaban J connectivity index is 1.55. The number of nitrogens with zero attached hydrogens (tertiary/aromatic N) is 4. The highest BCUT2D eigenvalue weighted by atomic mass is 32.1. The topological polar surface area (TPSA) is 91.2 Å². The summed E-state index contributed by atoms with van der Waals surface area (Å²) in [6.45, 7) is 3.59. The van der Waals surface area contributed by atoms with Crippen molar-refractivity contribution in [2.45, 2.75) is 51.9 Å². The van der Waals surface area contributed by atoms with Crippen molar-refractivity contribution in [1.82, 2.24) is 15.0 Å². The molecule has 1 aliphatic carbocycles. The first kappa shape index (κ1) is 20.1. The molecule has 8 heteroatoms. The van der Waals surface area contributed by atoms with E-state index in [0.29, 0.717) is 24.3 Å². The second-order valence-corrected chi connectivity index (χ2v) is 9.31. The van der Waals surface area contributed by atoms with Gasteiger partial charge in [0.15, 0.2) is 5.13 Å². The molecule has 0 aromatic carbocycles. The maximum atomic E-state index is 11.4. The van der Waals surface area contributed by atoms with Crippen molar-refractivity contribution in [3.05, 3.63) is 23.3 Å². The van der Waals surface area contributed by atoms with Crippen molar-refractivity contribution in [2.24, 2.45) is 17.8 Å². The Bertz CT molecular complexity index is 822. The normalized spacial score (nSPS) is 23.1. The number of anilines is 3. The summed E-state index contributed by atoms with van der Waals surface area (Å²) in [7, 11) is 0. The van der Waals surface area contributed by atoms with E-state index < -0.39 is 5.97 Å². The average molecular weight is 416 g/mol. The van der Waals surface area contributed by atoms with Gasteiger partial charge in [0, 0.05) is 42.8 Å². The zero-order chi connectivity index (χ0) is 20.2. The van der Waals surface area contributed by atoms with Crippen LogP contribution in [-0.2, 0) is 4.79 Å². The molecular formula is C21H29N5O2S. The largest absolute Gasteiger partial charge is 0.481 e. The van der Waals surface area contributed by atoms with Crippen LogP contribution in [0.5, 0.6) is 0 Å². The van der Waals surface area contributed by atoms with Gasteiger partial charge in [0.25, 0.3) is 0 Å². The molecule has 0 bridgehead atoms. The quantitative estimate of drug-likeness (QED) is 0.718. The number of aryl methyl sites for hydroxylation is 1. The first-order chi connectivity index (χ1) is 14.1. The van der Waals surface area contributed by atoms with Crippen molar-refractivity contribution in [3.63, 3.8) is 0 Å². The van der Waals surface area contributed by atoms with Crippen LogP contribution in [0.1, 0.15) is 50.6 Å². The Morgan fingerprint density at radius 1 is 1.24 bits per heavy atom. The summed E-state index contributed by atoms with van der Waals surface area (Å²) in [6, 6.07) is 1.92. The number of hydrogen-bond donors (Lipinski definition) is 2. The highest BCUT2D eigenvalue weighted by molar-refractivity contribution is 7.13. The van der Waals surface area contributed by atoms with Gasteiger partial charge in [-0.05, 0) is 31.1 Å². The fourth-order valence-corrected chi connectivity index (χ4v) is 5.44. The summed E-state index contributed by atoms with van der Waals surface area (Å²) < 4.78 is 0. The molecule has 2 aromatic rings. The van der Waals surface area contributed by atoms with Crippen molar-refractivity contribution in [3.8, 4) is 0 Å². The lowest BCUT2D eigenvalue weighted by atomic mass is 9.73. The molecule has 4 rings (SSSR count). The maximum absolute atomic E-state index is 11.4. The number of carbonyl (C=O) groups is 1. The number of aliphatic carboxylic acids is 1. The monoisotopic (exact) mass is 415 g/mol. The molecule has 3 heterocycles. The Morgan fingerprint density at radius 2 is 2.07 bits per heavy atom. The van der Waals surface area contributed by atoms with Crippen LogP contribution in [-0.4, -0.2) is 39.1 Å². The third-order valence-electron chi connectivity index (χ3n) is 6.14. The van der Waals surface area contributed by atoms with Gasteiger partial charge >= 0.3 is 5.97 Å². The minimum Gasteiger partial charge on any atom is -0.481 e. The molecule has 29 heavy (non-hydrogen) atoms. The van der Waals surface area contributed by atoms with Crippen LogP contribution < -0.4 is 10.2 Å². The molecule has 0 amide bonds. The van der Waals surface area contributed by atoms with Crippen LogP contribution in [0.4, 0.5) is 16.9 Å². The molecule has 1 saturated carbocycles. The SMILES string of the molecule is Cc1cc(Nc2nccs2)nc(N2CC(C3CCCCC3)C[C@@H](CC(=O)O)C2)n1. The highest BCUT2D eigenvalue weighted by Gasteiger charge is 2.34. The van der Waals surface area contributed by atoms with Gasteiger partial charge in [-0.15, -0.1) is 11.3 Å². The number of thiazole rings is 1. The molecule has 156 valence electrons. The minimum absolute atomic E-state index is 0.146. The van der Waals surface area contributed by atoms with Crippen molar-refractivity contribution in [1.29, 1.82) is 0 Å². The first-order valence-electron chi connectivity index (χ1n) is 10.6. The lowest BCUT2D eigenvalue weighted by Crippen LogP contribution is -2.44. The van der Waals surface area contributed by atoms with Crippen LogP contribution in [0, 0.1) is 24.7 Å². The van der Waals surface area contributed by atoms with Crippen molar-refractivity contribution < 1.29 is 9.90 Å². The fraction of sp³-hybridized carbons (Fsp3) is 0.619. The summed E-state index contributed by atoms with van der Waals surface area (Å²) in [4.78, 5) is 27.3. The number of aromatic nitrogens is 3. The van der Waals surface area contributed by atoms with E-state index in [0.717, 1.165) is 29.6 Å². The van der Waals surface area contributed by atoms with Crippen molar-refractivity contribution >= 4 is 34.2 Å². The smallest absolute Gasteiger partial charge is 0.303 e. The number of hydrogen-bond acceptors (Lipinski definition) is 7. The Hall–Kier alpha value is -2.22. The predicted octanol–water partition coefficient (Wildman–Crippen LogP) is 4.48. The third kappa shape index (κ3) is 5.23. The molecule has 2 N–H and O–H groups in total. The molecule has 2 aliphatic rings. The number of nitrogens with one attached hydrogen (secondary N) is 1. The Kier molecular flexibility index (Phi) is 6.28. The second kappa shape index (κ2) is 9.07. The molecule has 1 unspecified atom stereocenters. The van der Waals surface area contributed by atoms with Gasteiger partial charge in [-0.2, -0.15) is 4.98 Å². The van der Waals surface area contributed by atoms with Crippen LogP contribution in [0.15, 0.2) is 17.6 Å². The number of rotatable bonds is 6. The summed E-state index contributed by atoms with van der Waals surface area (Å²) >= 11 is 1.53. The fourth-order valence-electron chi connectivity index (χ4n) is 4.90. The lowest BCUT2D eigenvalue weighted by Gasteiger charge is -2.42. The average Bonchev–Trinajstić information content (AvgIpc) is 3.20. The number of piperidine rings is 1. The molecule has 1 saturated heterocycles. The molecule has 0 spiro atoms. The molecule has 0 radical (unpaired) electrons. The van der Waals surface area contributed by atoms with Gasteiger partial charge in [-0.3, -0.25) is 4.79 Å². The molecule has 2 fully saturated rings. The van der Waals surface area contributed by atoms with Gasteiger partial charge in [0.2, 0.25) is 5.95 Å². The van der Waals surface area contributed by atoms with Crippen LogP contribution in [0.25, 0.3) is 0 Å². The van der Waals surface area contributed by atoms with Crippen molar-refractivity contribution in [2.75, 3.05) is 23.3 Å². The van der Waals surface area contributed by atoms with Gasteiger partial charge in [-0.25, -0.2) is 9.97 Å². The first-order valence-corrected chi connectivity index (χ1v) is 11.4. The summed E-state index contributed by atoms with van der Waals surface area (Å²) in [5.41, 5.74) is 0.892. The van der Waals surface area contributed by atoms with E-state index in [2.05, 4.69) is 15.2 Å². The van der Waals surface area contributed by atoms with E-state index in [9.17, 15) is 9.90 Å². The van der Waals surface area contributed by atoms with E-state index >= 15 is 0 Å². The molecule has 7 nitrogen and oxygen atoms in total. The van der Waals surface area contributed by atoms with E-state index in [-0.39, 0.29) is 12.3 Å². The van der Waals surface area contributed by atoms with Gasteiger partial charge in [0.1, 0.15) is 5.82 Å². The highest BCUT2D eigenvalue weighted by Crippen LogP contribution is 2.38. The minimum atomic E-state index is -0.712. The second-order valence-electron chi connectivity index (χ2n) is 8.42. The zero-order valence-corrected chi connectivity index (χ0v) is 17.7. The Labute approximate surface area is 175 Å². The number of carboxylic acid groups (broad SMARTS) is 1. The van der Waals surface area contributed by atoms with Gasteiger partial charge in [-0.1, -0.05) is 32.1 Å². The zero-order valence-electron chi connectivity index (χ0n) is 16.9. The maximum Gasteiger partial charge on any atom is 0.303 e. The van der Waals surface area contributed by atoms with E-state index in [4.69, 9.17) is 9.97 Å². The Morgan fingerprint density at radius 3 is 2.79 bits per heavy atom. The van der Waals surface area contributed by atoms with Gasteiger partial charge in [0.05, 0.1) is 0 Å². The molecular weight excluding hydrogens is 386 g/mol. The van der Waals surface area contributed by atoms with Crippen LogP contribution in [0.2, 0.25) is 0 Å². The summed E-state index contributed by atoms with van der Waals surface area (Å²) in [5, 5.41) is 15.4. The van der Waals surface area contributed by atoms with E-state index in [1.54, 1.807) is 6.20 Å². The molecule has 1 aliphatic heterocycles. The molecule has 2 atom stereocenters. The molecule has 2 aromatic heterocycles. The third-order valence-corrected chi connectivity index (χ3v) is 6.83. The lowest BCUT2D eigenvalue weighted by molar-refractivity contribution is -0.138. The summed E-state index contributed by atoms with van der Waals surface area (Å²) in [6.07, 6.45) is 9.45. The van der Waals surface area contributed by atoms with Gasteiger partial charge < -0.3 is 15.3 Å². The predicted molar refractivity (Wildman–Crippen MR) is 115 cm³/mol. The van der Waals surface area contributed by atoms with E-state index in [1.807, 2.05) is 18.4 Å². The number of carboxylic acids is 1. The van der Waals surface area contributed by atoms with Crippen LogP contribution in [0.3, 0.4) is 0 Å². The standard InChI is InChI=1S/C21H29N5O2S/c1-14-9-18(25-21-22-7-8-29-21)24-20(23-14)26-12-15(11-19(27)28)10-17(13-26)16-5-3-2-4-6-16/h7-9,15-17H,2-6,10-13H2,1H3,(H,27,28)(H,22,23,24,25)/t15-,17?/m0/s1. The van der Waals surface area contributed by atoms with Crippen LogP contribution >= 0.6 is 11.3 Å². The van der Waals surface area contributed by atoms with E-state index in [1.165, 1.54) is 43.4 Å².